The van der Waals surface area contributed by atoms with Gasteiger partial charge in [-0.3, -0.25) is 0 Å². The van der Waals surface area contributed by atoms with E-state index in [9.17, 15) is 0 Å². The Morgan fingerprint density at radius 3 is 1.69 bits per heavy atom. The predicted octanol–water partition coefficient (Wildman–Crippen LogP) is 5.31. The number of halogens is 1. The first-order valence-electron chi connectivity index (χ1n) is 4.82. The molecule has 0 aliphatic heterocycles. The number of hydrogen-bond acceptors (Lipinski definition) is 0. The minimum absolute atomic E-state index is 0.566. The Labute approximate surface area is 89.0 Å². The zero-order valence-corrected chi connectivity index (χ0v) is 10.6. The standard InChI is InChI=1S/C8H11Cl.2C2H6/c1-4-7(2)5-6-8(3)9;2*1-2/h4-6H,3H2,1-2H3;2*1-2H3/b6-5-,7-4-;;. The third kappa shape index (κ3) is 24.6. The number of rotatable bonds is 2. The Hall–Kier alpha value is -0.490. The van der Waals surface area contributed by atoms with Gasteiger partial charge in [-0.1, -0.05) is 63.6 Å². The highest BCUT2D eigenvalue weighted by molar-refractivity contribution is 6.30. The maximum Gasteiger partial charge on any atom is 0.0334 e. The van der Waals surface area contributed by atoms with E-state index in [2.05, 4.69) is 6.58 Å². The maximum atomic E-state index is 5.47. The normalized spacial score (nSPS) is 9.62. The van der Waals surface area contributed by atoms with E-state index >= 15 is 0 Å². The minimum Gasteiger partial charge on any atom is -0.0850 e. The van der Waals surface area contributed by atoms with E-state index in [0.717, 1.165) is 0 Å². The summed E-state index contributed by atoms with van der Waals surface area (Å²) in [5.41, 5.74) is 1.19. The zero-order valence-electron chi connectivity index (χ0n) is 9.82. The number of allylic oxidation sites excluding steroid dienone is 5. The molecule has 0 radical (unpaired) electrons. The van der Waals surface area contributed by atoms with Gasteiger partial charge in [0.15, 0.2) is 0 Å². The van der Waals surface area contributed by atoms with Crippen LogP contribution < -0.4 is 0 Å². The van der Waals surface area contributed by atoms with Crippen molar-refractivity contribution in [1.82, 2.24) is 0 Å². The molecule has 0 unspecified atom stereocenters. The van der Waals surface area contributed by atoms with Crippen LogP contribution >= 0.6 is 11.6 Å². The van der Waals surface area contributed by atoms with Crippen LogP contribution in [-0.2, 0) is 0 Å². The van der Waals surface area contributed by atoms with Crippen LogP contribution in [0.5, 0.6) is 0 Å². The van der Waals surface area contributed by atoms with Crippen LogP contribution in [0.15, 0.2) is 35.4 Å². The Morgan fingerprint density at radius 2 is 1.46 bits per heavy atom. The van der Waals surface area contributed by atoms with Crippen molar-refractivity contribution in [2.75, 3.05) is 0 Å². The van der Waals surface area contributed by atoms with E-state index in [-0.39, 0.29) is 0 Å². The summed E-state index contributed by atoms with van der Waals surface area (Å²) < 4.78 is 0. The van der Waals surface area contributed by atoms with Gasteiger partial charge >= 0.3 is 0 Å². The molecule has 0 aliphatic rings. The summed E-state index contributed by atoms with van der Waals surface area (Å²) in [7, 11) is 0. The molecule has 0 aromatic heterocycles. The molecule has 0 atom stereocenters. The van der Waals surface area contributed by atoms with Crippen molar-refractivity contribution >= 4 is 11.6 Å². The molecular weight excluding hydrogens is 180 g/mol. The van der Waals surface area contributed by atoms with Crippen LogP contribution in [0.25, 0.3) is 0 Å². The van der Waals surface area contributed by atoms with Gasteiger partial charge in [-0.15, -0.1) is 0 Å². The second-order valence-corrected chi connectivity index (χ2v) is 2.30. The Morgan fingerprint density at radius 1 is 1.08 bits per heavy atom. The predicted molar refractivity (Wildman–Crippen MR) is 66.3 cm³/mol. The Bertz CT molecular complexity index is 153. The molecule has 13 heavy (non-hydrogen) atoms. The van der Waals surface area contributed by atoms with Gasteiger partial charge in [0, 0.05) is 5.03 Å². The number of hydrogen-bond donors (Lipinski definition) is 0. The summed E-state index contributed by atoms with van der Waals surface area (Å²) in [6, 6.07) is 0. The highest BCUT2D eigenvalue weighted by atomic mass is 35.5. The molecule has 0 aromatic carbocycles. The molecule has 0 nitrogen and oxygen atoms in total. The van der Waals surface area contributed by atoms with E-state index in [4.69, 9.17) is 11.6 Å². The van der Waals surface area contributed by atoms with Crippen LogP contribution in [0.2, 0.25) is 0 Å². The third-order valence-electron chi connectivity index (χ3n) is 0.982. The van der Waals surface area contributed by atoms with Crippen LogP contribution in [0, 0.1) is 0 Å². The van der Waals surface area contributed by atoms with Crippen molar-refractivity contribution in [2.45, 2.75) is 41.5 Å². The summed E-state index contributed by atoms with van der Waals surface area (Å²) >= 11 is 5.47. The zero-order chi connectivity index (χ0) is 11.3. The van der Waals surface area contributed by atoms with Gasteiger partial charge in [0.2, 0.25) is 0 Å². The van der Waals surface area contributed by atoms with Crippen molar-refractivity contribution < 1.29 is 0 Å². The Balaban J connectivity index is -0.000000218. The molecule has 1 heteroatoms. The Kier molecular flexibility index (Phi) is 24.7. The monoisotopic (exact) mass is 202 g/mol. The SMILES string of the molecule is C=C(Cl)/C=C\C(C)=C/C.CC.CC. The summed E-state index contributed by atoms with van der Waals surface area (Å²) in [4.78, 5) is 0. The average molecular weight is 203 g/mol. The van der Waals surface area contributed by atoms with Crippen molar-refractivity contribution in [3.63, 3.8) is 0 Å². The molecule has 0 N–H and O–H groups in total. The molecular formula is C12H23Cl. The molecule has 0 bridgehead atoms. The third-order valence-corrected chi connectivity index (χ3v) is 1.11. The van der Waals surface area contributed by atoms with E-state index in [1.807, 2.05) is 53.7 Å². The summed E-state index contributed by atoms with van der Waals surface area (Å²) in [5.74, 6) is 0. The molecule has 0 aliphatic carbocycles. The smallest absolute Gasteiger partial charge is 0.0334 e. The molecule has 0 heterocycles. The minimum atomic E-state index is 0.566. The van der Waals surface area contributed by atoms with Gasteiger partial charge in [-0.05, 0) is 19.9 Å². The highest BCUT2D eigenvalue weighted by Gasteiger charge is 1.77. The lowest BCUT2D eigenvalue weighted by molar-refractivity contribution is 1.48. The fourth-order valence-corrected chi connectivity index (χ4v) is 0.381. The molecule has 0 saturated carbocycles. The molecule has 0 fully saturated rings. The van der Waals surface area contributed by atoms with Gasteiger partial charge in [-0.25, -0.2) is 0 Å². The largest absolute Gasteiger partial charge is 0.0850 e. The maximum absolute atomic E-state index is 5.47. The van der Waals surface area contributed by atoms with Crippen LogP contribution in [0.4, 0.5) is 0 Å². The van der Waals surface area contributed by atoms with Crippen LogP contribution in [-0.4, -0.2) is 0 Å². The first-order valence-corrected chi connectivity index (χ1v) is 5.20. The van der Waals surface area contributed by atoms with E-state index < -0.39 is 0 Å². The summed E-state index contributed by atoms with van der Waals surface area (Å²) in [5, 5.41) is 0.566. The first kappa shape index (κ1) is 18.3. The van der Waals surface area contributed by atoms with Gasteiger partial charge in [0.1, 0.15) is 0 Å². The van der Waals surface area contributed by atoms with Gasteiger partial charge in [0.25, 0.3) is 0 Å². The van der Waals surface area contributed by atoms with Gasteiger partial charge < -0.3 is 0 Å². The fourth-order valence-electron chi connectivity index (χ4n) is 0.318. The van der Waals surface area contributed by atoms with Gasteiger partial charge in [0.05, 0.1) is 0 Å². The second-order valence-electron chi connectivity index (χ2n) is 1.81. The molecule has 0 saturated heterocycles. The molecule has 0 amide bonds. The van der Waals surface area contributed by atoms with Crippen LogP contribution in [0.3, 0.4) is 0 Å². The molecule has 0 rings (SSSR count). The lowest BCUT2D eigenvalue weighted by Crippen LogP contribution is -1.64. The molecule has 0 aromatic rings. The van der Waals surface area contributed by atoms with E-state index in [0.29, 0.717) is 5.03 Å². The molecule has 78 valence electrons. The quantitative estimate of drug-likeness (QED) is 0.532. The van der Waals surface area contributed by atoms with Crippen molar-refractivity contribution in [2.24, 2.45) is 0 Å². The lowest BCUT2D eigenvalue weighted by Gasteiger charge is -1.85. The topological polar surface area (TPSA) is 0 Å². The summed E-state index contributed by atoms with van der Waals surface area (Å²) in [6.45, 7) is 15.5. The molecule has 0 spiro atoms. The highest BCUT2D eigenvalue weighted by Crippen LogP contribution is 2.01. The first-order chi connectivity index (χ1) is 6.16. The van der Waals surface area contributed by atoms with Gasteiger partial charge in [-0.2, -0.15) is 0 Å². The second kappa shape index (κ2) is 17.6. The van der Waals surface area contributed by atoms with Crippen molar-refractivity contribution in [3.05, 3.63) is 35.4 Å². The summed E-state index contributed by atoms with van der Waals surface area (Å²) in [6.07, 6.45) is 5.71. The van der Waals surface area contributed by atoms with Crippen LogP contribution in [0.1, 0.15) is 41.5 Å². The fraction of sp³-hybridized carbons (Fsp3) is 0.500. The average Bonchev–Trinajstić information content (AvgIpc) is 2.20. The van der Waals surface area contributed by atoms with E-state index in [1.54, 1.807) is 6.08 Å². The van der Waals surface area contributed by atoms with E-state index in [1.165, 1.54) is 5.57 Å². The lowest BCUT2D eigenvalue weighted by atomic mass is 10.3. The van der Waals surface area contributed by atoms with Crippen molar-refractivity contribution in [1.29, 1.82) is 0 Å². The van der Waals surface area contributed by atoms with Crippen molar-refractivity contribution in [3.8, 4) is 0 Å².